The largest absolute Gasteiger partial charge is 0.352 e. The van der Waals surface area contributed by atoms with Gasteiger partial charge in [-0.25, -0.2) is 12.8 Å². The molecule has 2 amide bonds. The summed E-state index contributed by atoms with van der Waals surface area (Å²) >= 11 is 6.30. The summed E-state index contributed by atoms with van der Waals surface area (Å²) in [4.78, 5) is 27.5. The summed E-state index contributed by atoms with van der Waals surface area (Å²) in [6, 6.07) is 11.8. The Labute approximate surface area is 212 Å². The maximum absolute atomic E-state index is 14.3. The Morgan fingerprint density at radius 1 is 1.09 bits per heavy atom. The van der Waals surface area contributed by atoms with E-state index in [2.05, 4.69) is 5.32 Å². The molecule has 0 heterocycles. The first-order valence-corrected chi connectivity index (χ1v) is 13.7. The molecule has 0 aliphatic carbocycles. The summed E-state index contributed by atoms with van der Waals surface area (Å²) in [5.41, 5.74) is 0.617. The topological polar surface area (TPSA) is 86.8 Å². The number of hydrogen-bond donors (Lipinski definition) is 1. The predicted octanol–water partition coefficient (Wildman–Crippen LogP) is 4.36. The first kappa shape index (κ1) is 28.6. The summed E-state index contributed by atoms with van der Waals surface area (Å²) in [7, 11) is -3.77. The number of nitrogens with one attached hydrogen (secondary N) is 1. The molecule has 2 aromatic carbocycles. The van der Waals surface area contributed by atoms with Crippen LogP contribution in [0.5, 0.6) is 0 Å². The number of rotatable bonds is 12. The summed E-state index contributed by atoms with van der Waals surface area (Å²) in [5.74, 6) is -1.29. The van der Waals surface area contributed by atoms with Crippen LogP contribution >= 0.6 is 11.6 Å². The minimum Gasteiger partial charge on any atom is -0.352 e. The molecule has 0 unspecified atom stereocenters. The number of para-hydroxylation sites is 1. The highest BCUT2D eigenvalue weighted by atomic mass is 35.5. The van der Waals surface area contributed by atoms with Gasteiger partial charge in [-0.05, 0) is 50.5 Å². The van der Waals surface area contributed by atoms with E-state index >= 15 is 0 Å². The van der Waals surface area contributed by atoms with E-state index in [4.69, 9.17) is 11.6 Å². The van der Waals surface area contributed by atoms with Gasteiger partial charge in [-0.15, -0.1) is 0 Å². The van der Waals surface area contributed by atoms with Gasteiger partial charge in [-0.3, -0.25) is 13.9 Å². The molecule has 0 aliphatic rings. The van der Waals surface area contributed by atoms with E-state index in [1.54, 1.807) is 37.3 Å². The Morgan fingerprint density at radius 3 is 2.31 bits per heavy atom. The molecule has 0 bridgehead atoms. The van der Waals surface area contributed by atoms with Crippen molar-refractivity contribution in [3.05, 3.63) is 64.9 Å². The second kappa shape index (κ2) is 12.9. The van der Waals surface area contributed by atoms with Crippen molar-refractivity contribution in [1.82, 2.24) is 10.2 Å². The highest BCUT2D eigenvalue weighted by Crippen LogP contribution is 2.23. The lowest BCUT2D eigenvalue weighted by atomic mass is 10.1. The first-order chi connectivity index (χ1) is 16.5. The average molecular weight is 526 g/mol. The van der Waals surface area contributed by atoms with Gasteiger partial charge in [0.25, 0.3) is 0 Å². The van der Waals surface area contributed by atoms with E-state index in [9.17, 15) is 22.4 Å². The molecule has 0 fully saturated rings. The normalized spacial score (nSPS) is 13.1. The summed E-state index contributed by atoms with van der Waals surface area (Å²) in [5, 5.41) is 3.37. The first-order valence-electron chi connectivity index (χ1n) is 11.5. The van der Waals surface area contributed by atoms with Gasteiger partial charge in [0, 0.05) is 30.6 Å². The number of sulfonamides is 1. The fourth-order valence-electron chi connectivity index (χ4n) is 3.49. The number of benzene rings is 2. The quantitative estimate of drug-likeness (QED) is 0.446. The van der Waals surface area contributed by atoms with Crippen LogP contribution in [-0.2, 0) is 26.2 Å². The lowest BCUT2D eigenvalue weighted by molar-refractivity contribution is -0.140. The van der Waals surface area contributed by atoms with Crippen LogP contribution in [0.2, 0.25) is 5.02 Å². The maximum atomic E-state index is 14.3. The van der Waals surface area contributed by atoms with Crippen LogP contribution in [0.3, 0.4) is 0 Å². The van der Waals surface area contributed by atoms with Gasteiger partial charge < -0.3 is 10.2 Å². The molecule has 2 atom stereocenters. The van der Waals surface area contributed by atoms with E-state index in [0.717, 1.165) is 17.0 Å². The molecule has 35 heavy (non-hydrogen) atoms. The second-order valence-electron chi connectivity index (χ2n) is 8.50. The molecule has 2 rings (SSSR count). The second-order valence-corrected chi connectivity index (χ2v) is 10.8. The van der Waals surface area contributed by atoms with Crippen molar-refractivity contribution in [3.63, 3.8) is 0 Å². The highest BCUT2D eigenvalue weighted by molar-refractivity contribution is 7.92. The molecule has 2 aromatic rings. The highest BCUT2D eigenvalue weighted by Gasteiger charge is 2.28. The van der Waals surface area contributed by atoms with Gasteiger partial charge in [0.2, 0.25) is 21.8 Å². The Kier molecular flexibility index (Phi) is 10.5. The van der Waals surface area contributed by atoms with Crippen LogP contribution in [0.4, 0.5) is 10.1 Å². The van der Waals surface area contributed by atoms with E-state index in [0.29, 0.717) is 10.6 Å². The molecule has 0 saturated carbocycles. The third kappa shape index (κ3) is 8.21. The maximum Gasteiger partial charge on any atom is 0.242 e. The van der Waals surface area contributed by atoms with Crippen LogP contribution in [0, 0.1) is 5.82 Å². The van der Waals surface area contributed by atoms with Crippen LogP contribution in [-0.4, -0.2) is 50.0 Å². The molecule has 0 aliphatic heterocycles. The fraction of sp³-hybridized carbons (Fsp3) is 0.440. The van der Waals surface area contributed by atoms with Crippen molar-refractivity contribution in [1.29, 1.82) is 0 Å². The van der Waals surface area contributed by atoms with E-state index in [-0.39, 0.29) is 49.5 Å². The van der Waals surface area contributed by atoms with Gasteiger partial charge in [0.1, 0.15) is 11.9 Å². The van der Waals surface area contributed by atoms with Crippen LogP contribution < -0.4 is 9.62 Å². The number of anilines is 1. The smallest absolute Gasteiger partial charge is 0.242 e. The SMILES string of the molecule is CC[C@H](C)NC(=O)[C@@H](C)N(Cc1ccccc1Cl)C(=O)CCCN(c1ccccc1F)S(C)(=O)=O. The summed E-state index contributed by atoms with van der Waals surface area (Å²) in [6.45, 7) is 5.52. The lowest BCUT2D eigenvalue weighted by Gasteiger charge is -2.30. The molecule has 0 saturated heterocycles. The van der Waals surface area contributed by atoms with Crippen LogP contribution in [0.15, 0.2) is 48.5 Å². The zero-order valence-corrected chi connectivity index (χ0v) is 22.1. The minimum absolute atomic E-state index is 0.0358. The standard InChI is InChI=1S/C25H33ClFN3O4S/c1-5-18(2)28-25(32)19(3)29(17-20-11-6-7-12-21(20)26)24(31)15-10-16-30(35(4,33)34)23-14-9-8-13-22(23)27/h6-9,11-14,18-19H,5,10,15-17H2,1-4H3,(H,28,32)/t18-,19+/m0/s1. The number of nitrogens with zero attached hydrogens (tertiary/aromatic N) is 2. The third-order valence-corrected chi connectivity index (χ3v) is 7.29. The number of carbonyl (C=O) groups excluding carboxylic acids is 2. The van der Waals surface area contributed by atoms with Gasteiger partial charge in [0.15, 0.2) is 0 Å². The van der Waals surface area contributed by atoms with E-state index in [1.807, 2.05) is 13.8 Å². The van der Waals surface area contributed by atoms with Crippen LogP contribution in [0.1, 0.15) is 45.6 Å². The molecule has 10 heteroatoms. The Morgan fingerprint density at radius 2 is 1.71 bits per heavy atom. The zero-order chi connectivity index (χ0) is 26.2. The molecular formula is C25H33ClFN3O4S. The van der Waals surface area contributed by atoms with Crippen molar-refractivity contribution in [3.8, 4) is 0 Å². The van der Waals surface area contributed by atoms with Crippen molar-refractivity contribution in [2.24, 2.45) is 0 Å². The Balaban J connectivity index is 2.20. The van der Waals surface area contributed by atoms with E-state index < -0.39 is 21.9 Å². The predicted molar refractivity (Wildman–Crippen MR) is 137 cm³/mol. The molecule has 0 spiro atoms. The van der Waals surface area contributed by atoms with Crippen molar-refractivity contribution < 1.29 is 22.4 Å². The number of halogens is 2. The molecule has 7 nitrogen and oxygen atoms in total. The molecule has 0 radical (unpaired) electrons. The number of amides is 2. The van der Waals surface area contributed by atoms with Crippen LogP contribution in [0.25, 0.3) is 0 Å². The molecular weight excluding hydrogens is 493 g/mol. The van der Waals surface area contributed by atoms with Crippen molar-refractivity contribution in [2.45, 2.75) is 58.7 Å². The molecule has 192 valence electrons. The number of hydrogen-bond acceptors (Lipinski definition) is 4. The van der Waals surface area contributed by atoms with E-state index in [1.165, 1.54) is 23.1 Å². The van der Waals surface area contributed by atoms with Crippen molar-refractivity contribution >= 4 is 39.1 Å². The molecule has 1 N–H and O–H groups in total. The fourth-order valence-corrected chi connectivity index (χ4v) is 4.66. The summed E-state index contributed by atoms with van der Waals surface area (Å²) in [6.07, 6.45) is 1.84. The van der Waals surface area contributed by atoms with Crippen molar-refractivity contribution in [2.75, 3.05) is 17.1 Å². The third-order valence-electron chi connectivity index (χ3n) is 5.74. The Hall–Kier alpha value is -2.65. The summed E-state index contributed by atoms with van der Waals surface area (Å²) < 4.78 is 39.8. The molecule has 0 aromatic heterocycles. The minimum atomic E-state index is -3.77. The number of carbonyl (C=O) groups is 2. The zero-order valence-electron chi connectivity index (χ0n) is 20.5. The monoisotopic (exact) mass is 525 g/mol. The van der Waals surface area contributed by atoms with Gasteiger partial charge >= 0.3 is 0 Å². The van der Waals surface area contributed by atoms with Gasteiger partial charge in [0.05, 0.1) is 11.9 Å². The van der Waals surface area contributed by atoms with Gasteiger partial charge in [-0.1, -0.05) is 48.9 Å². The average Bonchev–Trinajstić information content (AvgIpc) is 2.80. The lowest BCUT2D eigenvalue weighted by Crippen LogP contribution is -2.49. The Bertz CT molecular complexity index is 1130. The van der Waals surface area contributed by atoms with Gasteiger partial charge in [-0.2, -0.15) is 0 Å².